The SMILES string of the molecule is CCCCCCCCNC(=O)/C(N=O)=C(/C)O. The number of nitrogens with zero attached hydrogens (tertiary/aromatic N) is 1. The van der Waals surface area contributed by atoms with E-state index >= 15 is 0 Å². The maximum atomic E-state index is 11.3. The first-order valence-electron chi connectivity index (χ1n) is 6.14. The fourth-order valence-corrected chi connectivity index (χ4v) is 1.46. The van der Waals surface area contributed by atoms with Crippen LogP contribution in [0.3, 0.4) is 0 Å². The smallest absolute Gasteiger partial charge is 0.277 e. The lowest BCUT2D eigenvalue weighted by Gasteiger charge is -2.04. The first-order chi connectivity index (χ1) is 8.13. The number of unbranched alkanes of at least 4 members (excludes halogenated alkanes) is 5. The summed E-state index contributed by atoms with van der Waals surface area (Å²) in [5, 5.41) is 14.1. The van der Waals surface area contributed by atoms with Crippen LogP contribution >= 0.6 is 0 Å². The Bertz CT molecular complexity index is 271. The lowest BCUT2D eigenvalue weighted by Crippen LogP contribution is -2.26. The van der Waals surface area contributed by atoms with Crippen LogP contribution in [0.5, 0.6) is 0 Å². The highest BCUT2D eigenvalue weighted by Gasteiger charge is 2.12. The van der Waals surface area contributed by atoms with Crippen LogP contribution in [0.25, 0.3) is 0 Å². The topological polar surface area (TPSA) is 78.8 Å². The number of carbonyl (C=O) groups excluding carboxylic acids is 1. The normalized spacial score (nSPS) is 11.9. The van der Waals surface area contributed by atoms with E-state index in [-0.39, 0.29) is 5.76 Å². The molecule has 0 aliphatic heterocycles. The molecule has 0 saturated carbocycles. The third-order valence-corrected chi connectivity index (χ3v) is 2.46. The highest BCUT2D eigenvalue weighted by molar-refractivity contribution is 5.93. The third kappa shape index (κ3) is 7.49. The average molecular weight is 242 g/mol. The molecule has 98 valence electrons. The summed E-state index contributed by atoms with van der Waals surface area (Å²) in [6.07, 6.45) is 6.79. The summed E-state index contributed by atoms with van der Waals surface area (Å²) in [4.78, 5) is 21.6. The second-order valence-corrected chi connectivity index (χ2v) is 4.05. The van der Waals surface area contributed by atoms with Crippen molar-refractivity contribution in [3.8, 4) is 0 Å². The molecule has 0 aromatic heterocycles. The molecule has 0 rings (SSSR count). The molecule has 0 radical (unpaired) electrons. The van der Waals surface area contributed by atoms with Gasteiger partial charge in [-0.1, -0.05) is 39.0 Å². The molecule has 0 unspecified atom stereocenters. The van der Waals surface area contributed by atoms with E-state index in [9.17, 15) is 9.70 Å². The Morgan fingerprint density at radius 2 is 1.76 bits per heavy atom. The molecule has 0 bridgehead atoms. The maximum absolute atomic E-state index is 11.3. The molecule has 1 amide bonds. The van der Waals surface area contributed by atoms with E-state index in [1.807, 2.05) is 0 Å². The minimum Gasteiger partial charge on any atom is -0.510 e. The Labute approximate surface area is 102 Å². The van der Waals surface area contributed by atoms with E-state index in [1.54, 1.807) is 0 Å². The molecule has 0 aromatic rings. The predicted molar refractivity (Wildman–Crippen MR) is 67.5 cm³/mol. The van der Waals surface area contributed by atoms with Crippen molar-refractivity contribution < 1.29 is 9.90 Å². The van der Waals surface area contributed by atoms with Crippen LogP contribution in [0.1, 0.15) is 52.4 Å². The fourth-order valence-electron chi connectivity index (χ4n) is 1.46. The number of hydrogen-bond donors (Lipinski definition) is 2. The largest absolute Gasteiger partial charge is 0.510 e. The summed E-state index contributed by atoms with van der Waals surface area (Å²) in [6.45, 7) is 3.94. The van der Waals surface area contributed by atoms with Crippen molar-refractivity contribution in [2.45, 2.75) is 52.4 Å². The summed E-state index contributed by atoms with van der Waals surface area (Å²) in [7, 11) is 0. The number of carbonyl (C=O) groups is 1. The lowest BCUT2D eigenvalue weighted by molar-refractivity contribution is -0.117. The standard InChI is InChI=1S/C12H22N2O3/c1-3-4-5-6-7-8-9-13-12(16)11(14-17)10(2)15/h15H,3-9H2,1-2H3,(H,13,16)/b11-10+. The minimum atomic E-state index is -0.603. The third-order valence-electron chi connectivity index (χ3n) is 2.46. The molecule has 0 aliphatic carbocycles. The van der Waals surface area contributed by atoms with Crippen LogP contribution in [-0.4, -0.2) is 17.6 Å². The fraction of sp³-hybridized carbons (Fsp3) is 0.750. The molecule has 2 N–H and O–H groups in total. The van der Waals surface area contributed by atoms with Gasteiger partial charge in [0, 0.05) is 6.54 Å². The number of hydrogen-bond acceptors (Lipinski definition) is 4. The zero-order chi connectivity index (χ0) is 13.1. The molecule has 0 atom stereocenters. The van der Waals surface area contributed by atoms with E-state index in [0.29, 0.717) is 6.54 Å². The summed E-state index contributed by atoms with van der Waals surface area (Å²) >= 11 is 0. The Kier molecular flexibility index (Phi) is 9.01. The zero-order valence-electron chi connectivity index (χ0n) is 10.7. The lowest BCUT2D eigenvalue weighted by atomic mass is 10.1. The van der Waals surface area contributed by atoms with Gasteiger partial charge in [-0.25, -0.2) is 0 Å². The summed E-state index contributed by atoms with van der Waals surface area (Å²) < 4.78 is 0. The highest BCUT2D eigenvalue weighted by Crippen LogP contribution is 2.05. The number of nitrogens with one attached hydrogen (secondary N) is 1. The number of allylic oxidation sites excluding steroid dienone is 1. The first kappa shape index (κ1) is 15.6. The molecule has 0 fully saturated rings. The maximum Gasteiger partial charge on any atom is 0.277 e. The molecule has 5 heteroatoms. The molecule has 0 spiro atoms. The van der Waals surface area contributed by atoms with Crippen molar-refractivity contribution in [2.75, 3.05) is 6.54 Å². The van der Waals surface area contributed by atoms with Gasteiger partial charge in [0.25, 0.3) is 5.91 Å². The first-order valence-corrected chi connectivity index (χ1v) is 6.14. The molecule has 0 saturated heterocycles. The van der Waals surface area contributed by atoms with Crippen molar-refractivity contribution in [1.29, 1.82) is 0 Å². The van der Waals surface area contributed by atoms with Crippen molar-refractivity contribution >= 4 is 5.91 Å². The van der Waals surface area contributed by atoms with Crippen LogP contribution < -0.4 is 5.32 Å². The Morgan fingerprint density at radius 1 is 1.18 bits per heavy atom. The van der Waals surface area contributed by atoms with Gasteiger partial charge in [0.15, 0.2) is 0 Å². The van der Waals surface area contributed by atoms with Gasteiger partial charge in [0.1, 0.15) is 5.76 Å². The van der Waals surface area contributed by atoms with Gasteiger partial charge in [0.05, 0.1) is 0 Å². The Hall–Kier alpha value is -1.39. The molecule has 0 aromatic carbocycles. The van der Waals surface area contributed by atoms with Gasteiger partial charge >= 0.3 is 0 Å². The van der Waals surface area contributed by atoms with Gasteiger partial charge in [-0.2, -0.15) is 0 Å². The van der Waals surface area contributed by atoms with Crippen LogP contribution in [-0.2, 0) is 4.79 Å². The number of nitroso groups, excluding NO2 is 1. The van der Waals surface area contributed by atoms with E-state index < -0.39 is 11.6 Å². The van der Waals surface area contributed by atoms with E-state index in [4.69, 9.17) is 5.11 Å². The second kappa shape index (κ2) is 9.81. The Morgan fingerprint density at radius 3 is 2.29 bits per heavy atom. The van der Waals surface area contributed by atoms with Gasteiger partial charge in [-0.05, 0) is 18.5 Å². The molecular formula is C12H22N2O3. The molecule has 17 heavy (non-hydrogen) atoms. The van der Waals surface area contributed by atoms with Crippen LogP contribution in [0.4, 0.5) is 0 Å². The molecule has 0 heterocycles. The van der Waals surface area contributed by atoms with Crippen molar-refractivity contribution in [1.82, 2.24) is 5.32 Å². The van der Waals surface area contributed by atoms with Gasteiger partial charge in [0.2, 0.25) is 5.70 Å². The summed E-state index contributed by atoms with van der Waals surface area (Å²) in [5.74, 6) is -0.950. The summed E-state index contributed by atoms with van der Waals surface area (Å²) in [5.41, 5.74) is -0.434. The monoisotopic (exact) mass is 242 g/mol. The molecular weight excluding hydrogens is 220 g/mol. The summed E-state index contributed by atoms with van der Waals surface area (Å²) in [6, 6.07) is 0. The van der Waals surface area contributed by atoms with Crippen molar-refractivity contribution in [3.05, 3.63) is 16.4 Å². The number of aliphatic hydroxyl groups is 1. The van der Waals surface area contributed by atoms with Gasteiger partial charge in [-0.3, -0.25) is 4.79 Å². The Balaban J connectivity index is 3.65. The van der Waals surface area contributed by atoms with E-state index in [1.165, 1.54) is 26.2 Å². The van der Waals surface area contributed by atoms with Crippen LogP contribution in [0, 0.1) is 4.91 Å². The quantitative estimate of drug-likeness (QED) is 0.282. The van der Waals surface area contributed by atoms with Crippen molar-refractivity contribution in [2.24, 2.45) is 5.18 Å². The zero-order valence-corrected chi connectivity index (χ0v) is 10.7. The number of amides is 1. The highest BCUT2D eigenvalue weighted by atomic mass is 16.3. The number of aliphatic hydroxyl groups excluding tert-OH is 1. The molecule has 0 aliphatic rings. The van der Waals surface area contributed by atoms with Crippen LogP contribution in [0.15, 0.2) is 16.6 Å². The second-order valence-electron chi connectivity index (χ2n) is 4.05. The van der Waals surface area contributed by atoms with Crippen molar-refractivity contribution in [3.63, 3.8) is 0 Å². The van der Waals surface area contributed by atoms with E-state index in [2.05, 4.69) is 17.4 Å². The van der Waals surface area contributed by atoms with Gasteiger partial charge < -0.3 is 10.4 Å². The minimum absolute atomic E-state index is 0.347. The molecule has 5 nitrogen and oxygen atoms in total. The van der Waals surface area contributed by atoms with Gasteiger partial charge in [-0.15, -0.1) is 4.91 Å². The predicted octanol–water partition coefficient (Wildman–Crippen LogP) is 3.02. The average Bonchev–Trinajstić information content (AvgIpc) is 2.28. The van der Waals surface area contributed by atoms with E-state index in [0.717, 1.165) is 19.3 Å². The van der Waals surface area contributed by atoms with Crippen LogP contribution in [0.2, 0.25) is 0 Å². The number of rotatable bonds is 9.